The van der Waals surface area contributed by atoms with Crippen LogP contribution in [0.4, 0.5) is 26.4 Å². The zero-order chi connectivity index (χ0) is 23.7. The number of imidazole rings is 1. The average Bonchev–Trinajstić information content (AvgIpc) is 3.15. The molecule has 1 saturated carbocycles. The fourth-order valence-electron chi connectivity index (χ4n) is 5.00. The Morgan fingerprint density at radius 1 is 1.09 bits per heavy atom. The number of aromatic nitrogens is 4. The van der Waals surface area contributed by atoms with E-state index in [1.54, 1.807) is 6.20 Å². The molecule has 0 atom stereocenters. The van der Waals surface area contributed by atoms with E-state index >= 15 is 0 Å². The van der Waals surface area contributed by atoms with Gasteiger partial charge >= 0.3 is 0 Å². The summed E-state index contributed by atoms with van der Waals surface area (Å²) < 4.78 is 35.2. The third-order valence-electron chi connectivity index (χ3n) is 7.08. The van der Waals surface area contributed by atoms with Gasteiger partial charge in [-0.05, 0) is 70.0 Å². The van der Waals surface area contributed by atoms with Crippen LogP contribution < -0.4 is 16.4 Å². The molecule has 0 spiro atoms. The number of halogens is 2. The van der Waals surface area contributed by atoms with Gasteiger partial charge in [-0.3, -0.25) is 4.57 Å². The van der Waals surface area contributed by atoms with Crippen LogP contribution in [0.3, 0.4) is 0 Å². The lowest BCUT2D eigenvalue weighted by atomic mass is 9.86. The van der Waals surface area contributed by atoms with E-state index < -0.39 is 11.6 Å². The van der Waals surface area contributed by atoms with Gasteiger partial charge < -0.3 is 21.1 Å². The van der Waals surface area contributed by atoms with Gasteiger partial charge in [-0.2, -0.15) is 4.98 Å². The van der Waals surface area contributed by atoms with E-state index in [0.717, 1.165) is 44.6 Å². The second-order valence-corrected chi connectivity index (χ2v) is 9.70. The van der Waals surface area contributed by atoms with Crippen molar-refractivity contribution in [2.45, 2.75) is 57.0 Å². The van der Waals surface area contributed by atoms with Crippen LogP contribution in [-0.4, -0.2) is 44.8 Å². The number of nitrogens with one attached hydrogen (secondary N) is 2. The van der Waals surface area contributed by atoms with Crippen LogP contribution in [0.5, 0.6) is 0 Å². The molecule has 1 aliphatic carbocycles. The van der Waals surface area contributed by atoms with E-state index in [2.05, 4.69) is 27.1 Å². The van der Waals surface area contributed by atoms with Crippen LogP contribution in [0.25, 0.3) is 11.2 Å². The molecule has 2 fully saturated rings. The Morgan fingerprint density at radius 2 is 1.79 bits per heavy atom. The minimum Gasteiger partial charge on any atom is -0.381 e. The summed E-state index contributed by atoms with van der Waals surface area (Å²) in [5, 5.41) is 6.61. The van der Waals surface area contributed by atoms with Crippen molar-refractivity contribution >= 4 is 28.7 Å². The molecule has 3 heterocycles. The number of hydrogen-bond donors (Lipinski definition) is 3. The molecule has 4 N–H and O–H groups in total. The van der Waals surface area contributed by atoms with Gasteiger partial charge in [-0.1, -0.05) is 0 Å². The first-order valence-electron chi connectivity index (χ1n) is 12.0. The highest BCUT2D eigenvalue weighted by molar-refractivity contribution is 5.76. The molecular formula is C24H31F2N7O. The van der Waals surface area contributed by atoms with Crippen molar-refractivity contribution in [2.75, 3.05) is 30.4 Å². The zero-order valence-corrected chi connectivity index (χ0v) is 19.4. The average molecular weight is 472 g/mol. The lowest BCUT2D eigenvalue weighted by Crippen LogP contribution is -2.41. The standard InChI is InChI=1S/C24H31F2N7O/c1-24(6-8-34-9-7-24)32-22-28-14-20-21(31-22)33(19-4-2-15(13-27)3-5-19)23(30-20)29-18-11-16(25)10-17(26)12-18/h10-12,14-15,19H,2-9,13,27H2,1H3,(H,29,30)(H,28,31,32)/t15-,19-. The molecule has 2 aromatic heterocycles. The second kappa shape index (κ2) is 9.42. The molecule has 0 radical (unpaired) electrons. The Hall–Kier alpha value is -2.85. The topological polar surface area (TPSA) is 103 Å². The van der Waals surface area contributed by atoms with Gasteiger partial charge in [0.2, 0.25) is 11.9 Å². The number of hydrogen-bond acceptors (Lipinski definition) is 7. The Kier molecular flexibility index (Phi) is 6.35. The number of fused-ring (bicyclic) bond motifs is 1. The number of anilines is 3. The van der Waals surface area contributed by atoms with Gasteiger partial charge in [-0.25, -0.2) is 18.7 Å². The van der Waals surface area contributed by atoms with Crippen LogP contribution in [0, 0.1) is 17.6 Å². The molecule has 3 aromatic rings. The Morgan fingerprint density at radius 3 is 2.47 bits per heavy atom. The van der Waals surface area contributed by atoms with E-state index in [0.29, 0.717) is 54.4 Å². The summed E-state index contributed by atoms with van der Waals surface area (Å²) in [7, 11) is 0. The van der Waals surface area contributed by atoms with Gasteiger partial charge in [0.1, 0.15) is 17.2 Å². The largest absolute Gasteiger partial charge is 0.381 e. The normalized spacial score (nSPS) is 22.6. The second-order valence-electron chi connectivity index (χ2n) is 9.70. The van der Waals surface area contributed by atoms with Gasteiger partial charge in [0.05, 0.1) is 6.20 Å². The van der Waals surface area contributed by atoms with Crippen molar-refractivity contribution in [3.8, 4) is 0 Å². The van der Waals surface area contributed by atoms with E-state index in [4.69, 9.17) is 20.4 Å². The van der Waals surface area contributed by atoms with E-state index in [-0.39, 0.29) is 11.6 Å². The number of nitrogens with two attached hydrogens (primary N) is 1. The molecule has 0 bridgehead atoms. The summed E-state index contributed by atoms with van der Waals surface area (Å²) in [4.78, 5) is 14.1. The predicted molar refractivity (Wildman–Crippen MR) is 127 cm³/mol. The van der Waals surface area contributed by atoms with Crippen LogP contribution in [0.1, 0.15) is 51.5 Å². The highest BCUT2D eigenvalue weighted by Gasteiger charge is 2.30. The summed E-state index contributed by atoms with van der Waals surface area (Å²) >= 11 is 0. The van der Waals surface area contributed by atoms with Crippen LogP contribution in [-0.2, 0) is 4.74 Å². The van der Waals surface area contributed by atoms with Gasteiger partial charge in [0.15, 0.2) is 5.65 Å². The molecule has 10 heteroatoms. The summed E-state index contributed by atoms with van der Waals surface area (Å²) in [6.07, 6.45) is 7.34. The van der Waals surface area contributed by atoms with Crippen molar-refractivity contribution in [1.29, 1.82) is 0 Å². The predicted octanol–water partition coefficient (Wildman–Crippen LogP) is 4.52. The first kappa shape index (κ1) is 22.9. The summed E-state index contributed by atoms with van der Waals surface area (Å²) in [6.45, 7) is 4.24. The lowest BCUT2D eigenvalue weighted by Gasteiger charge is -2.34. The number of benzene rings is 1. The van der Waals surface area contributed by atoms with E-state index in [9.17, 15) is 8.78 Å². The van der Waals surface area contributed by atoms with Gasteiger partial charge in [0, 0.05) is 36.5 Å². The maximum Gasteiger partial charge on any atom is 0.225 e. The Labute approximate surface area is 197 Å². The highest BCUT2D eigenvalue weighted by atomic mass is 19.1. The zero-order valence-electron chi connectivity index (χ0n) is 19.4. The number of ether oxygens (including phenoxy) is 1. The van der Waals surface area contributed by atoms with Crippen molar-refractivity contribution in [3.05, 3.63) is 36.0 Å². The molecule has 1 aromatic carbocycles. The molecule has 34 heavy (non-hydrogen) atoms. The molecule has 1 saturated heterocycles. The molecule has 5 rings (SSSR count). The third-order valence-corrected chi connectivity index (χ3v) is 7.08. The molecule has 2 aliphatic rings. The fourth-order valence-corrected chi connectivity index (χ4v) is 5.00. The summed E-state index contributed by atoms with van der Waals surface area (Å²) in [5.41, 5.74) is 7.38. The number of rotatable bonds is 6. The monoisotopic (exact) mass is 471 g/mol. The van der Waals surface area contributed by atoms with Gasteiger partial charge in [0.25, 0.3) is 0 Å². The first-order valence-corrected chi connectivity index (χ1v) is 12.0. The number of nitrogens with zero attached hydrogens (tertiary/aromatic N) is 4. The smallest absolute Gasteiger partial charge is 0.225 e. The molecule has 8 nitrogen and oxygen atoms in total. The molecule has 0 amide bonds. The van der Waals surface area contributed by atoms with Crippen molar-refractivity contribution in [1.82, 2.24) is 19.5 Å². The quantitative estimate of drug-likeness (QED) is 0.486. The minimum absolute atomic E-state index is 0.143. The van der Waals surface area contributed by atoms with Crippen molar-refractivity contribution in [2.24, 2.45) is 11.7 Å². The summed E-state index contributed by atoms with van der Waals surface area (Å²) in [5.74, 6) is 0.256. The van der Waals surface area contributed by atoms with Crippen molar-refractivity contribution in [3.63, 3.8) is 0 Å². The minimum atomic E-state index is -0.649. The van der Waals surface area contributed by atoms with Crippen LogP contribution in [0.15, 0.2) is 24.4 Å². The maximum absolute atomic E-state index is 13.8. The third kappa shape index (κ3) is 4.83. The highest BCUT2D eigenvalue weighted by Crippen LogP contribution is 2.37. The molecule has 1 aliphatic heterocycles. The van der Waals surface area contributed by atoms with Crippen LogP contribution >= 0.6 is 0 Å². The Balaban J connectivity index is 1.52. The summed E-state index contributed by atoms with van der Waals surface area (Å²) in [6, 6.07) is 3.50. The first-order chi connectivity index (χ1) is 16.4. The maximum atomic E-state index is 13.8. The van der Waals surface area contributed by atoms with Gasteiger partial charge in [-0.15, -0.1) is 0 Å². The van der Waals surface area contributed by atoms with E-state index in [1.807, 2.05) is 0 Å². The molecule has 182 valence electrons. The van der Waals surface area contributed by atoms with Crippen molar-refractivity contribution < 1.29 is 13.5 Å². The fraction of sp³-hybridized carbons (Fsp3) is 0.542. The SMILES string of the molecule is CC1(Nc2ncc3nc(Nc4cc(F)cc(F)c4)n([C@H]4CC[C@H](CN)CC4)c3n2)CCOCC1. The Bertz CT molecular complexity index is 1130. The van der Waals surface area contributed by atoms with Crippen LogP contribution in [0.2, 0.25) is 0 Å². The molecule has 0 unspecified atom stereocenters. The molecular weight excluding hydrogens is 440 g/mol. The van der Waals surface area contributed by atoms with E-state index in [1.165, 1.54) is 12.1 Å². The lowest BCUT2D eigenvalue weighted by molar-refractivity contribution is 0.0656.